The summed E-state index contributed by atoms with van der Waals surface area (Å²) in [6.07, 6.45) is 0. The van der Waals surface area contributed by atoms with E-state index in [-0.39, 0.29) is 11.3 Å². The van der Waals surface area contributed by atoms with Crippen LogP contribution in [0.25, 0.3) is 0 Å². The molecule has 1 aromatic heterocycles. The summed E-state index contributed by atoms with van der Waals surface area (Å²) in [7, 11) is 0. The number of aromatic nitrogens is 1. The van der Waals surface area contributed by atoms with E-state index in [1.807, 2.05) is 20.8 Å². The Hall–Kier alpha value is -0.700. The molecule has 1 rings (SSSR count). The second-order valence-electron chi connectivity index (χ2n) is 3.46. The fourth-order valence-electron chi connectivity index (χ4n) is 0.758. The molecule has 4 heteroatoms. The van der Waals surface area contributed by atoms with Gasteiger partial charge in [-0.1, -0.05) is 37.5 Å². The van der Waals surface area contributed by atoms with Crippen LogP contribution in [0, 0.1) is 0 Å². The van der Waals surface area contributed by atoms with E-state index in [4.69, 9.17) is 21.9 Å². The van der Waals surface area contributed by atoms with Gasteiger partial charge >= 0.3 is 0 Å². The highest BCUT2D eigenvalue weighted by Crippen LogP contribution is 2.31. The molecule has 11 heavy (non-hydrogen) atoms. The zero-order valence-corrected chi connectivity index (χ0v) is 7.57. The van der Waals surface area contributed by atoms with Gasteiger partial charge in [-0.25, -0.2) is 0 Å². The number of halogens is 1. The van der Waals surface area contributed by atoms with Crippen molar-refractivity contribution in [3.8, 4) is 0 Å². The molecule has 0 unspecified atom stereocenters. The number of nitrogen functional groups attached to an aromatic ring is 1. The second kappa shape index (κ2) is 2.41. The summed E-state index contributed by atoms with van der Waals surface area (Å²) in [5.41, 5.74) is 5.97. The van der Waals surface area contributed by atoms with E-state index < -0.39 is 0 Å². The van der Waals surface area contributed by atoms with Gasteiger partial charge in [0.05, 0.1) is 0 Å². The lowest BCUT2D eigenvalue weighted by Crippen LogP contribution is -2.11. The average molecular weight is 175 g/mol. The summed E-state index contributed by atoms with van der Waals surface area (Å²) < 4.78 is 4.72. The van der Waals surface area contributed by atoms with E-state index in [1.165, 1.54) is 0 Å². The van der Waals surface area contributed by atoms with Crippen molar-refractivity contribution >= 4 is 17.5 Å². The molecule has 62 valence electrons. The molecule has 0 radical (unpaired) electrons. The van der Waals surface area contributed by atoms with Crippen LogP contribution >= 0.6 is 11.6 Å². The highest BCUT2D eigenvalue weighted by Gasteiger charge is 2.23. The molecular formula is C7H11ClN2O. The lowest BCUT2D eigenvalue weighted by molar-refractivity contribution is 0.405. The first kappa shape index (κ1) is 8.40. The largest absolute Gasteiger partial charge is 0.366 e. The topological polar surface area (TPSA) is 52.0 Å². The molecule has 0 spiro atoms. The number of hydrogen-bond donors (Lipinski definition) is 1. The Bertz CT molecular complexity index is 262. The second-order valence-corrected chi connectivity index (χ2v) is 3.84. The highest BCUT2D eigenvalue weighted by molar-refractivity contribution is 6.33. The Morgan fingerprint density at radius 2 is 2.00 bits per heavy atom. The first-order valence-corrected chi connectivity index (χ1v) is 3.72. The molecule has 0 bridgehead atoms. The molecule has 3 nitrogen and oxygen atoms in total. The predicted molar refractivity (Wildman–Crippen MR) is 44.6 cm³/mol. The highest BCUT2D eigenvalue weighted by atomic mass is 35.5. The van der Waals surface area contributed by atoms with Crippen LogP contribution in [0.3, 0.4) is 0 Å². The van der Waals surface area contributed by atoms with Gasteiger partial charge in [0.25, 0.3) is 0 Å². The SMILES string of the molecule is CC(C)(C)c1noc(N)c1Cl. The molecule has 0 amide bonds. The standard InChI is InChI=1S/C7H11ClN2O/c1-7(2,3)5-4(8)6(9)11-10-5/h9H2,1-3H3. The van der Waals surface area contributed by atoms with Gasteiger partial charge in [0.15, 0.2) is 0 Å². The third-order valence-corrected chi connectivity index (χ3v) is 1.74. The van der Waals surface area contributed by atoms with Gasteiger partial charge in [-0.3, -0.25) is 0 Å². The summed E-state index contributed by atoms with van der Waals surface area (Å²) in [4.78, 5) is 0. The molecule has 0 aliphatic rings. The number of nitrogens with zero attached hydrogens (tertiary/aromatic N) is 1. The van der Waals surface area contributed by atoms with Gasteiger partial charge in [-0.15, -0.1) is 0 Å². The number of nitrogens with two attached hydrogens (primary N) is 1. The summed E-state index contributed by atoms with van der Waals surface area (Å²) in [5, 5.41) is 4.18. The van der Waals surface area contributed by atoms with Crippen LogP contribution in [0.5, 0.6) is 0 Å². The Balaban J connectivity index is 3.15. The lowest BCUT2D eigenvalue weighted by atomic mass is 9.92. The van der Waals surface area contributed by atoms with Crippen LogP contribution in [-0.4, -0.2) is 5.16 Å². The van der Waals surface area contributed by atoms with Crippen LogP contribution in [0.15, 0.2) is 4.52 Å². The number of anilines is 1. The quantitative estimate of drug-likeness (QED) is 0.656. The summed E-state index contributed by atoms with van der Waals surface area (Å²) in [5.74, 6) is 0.191. The molecule has 0 saturated carbocycles. The first-order chi connectivity index (χ1) is 4.93. The van der Waals surface area contributed by atoms with Gasteiger partial charge in [-0.05, 0) is 0 Å². The van der Waals surface area contributed by atoms with Crippen molar-refractivity contribution in [1.29, 1.82) is 0 Å². The van der Waals surface area contributed by atoms with Crippen LogP contribution in [0.4, 0.5) is 5.88 Å². The van der Waals surface area contributed by atoms with E-state index in [9.17, 15) is 0 Å². The van der Waals surface area contributed by atoms with Crippen LogP contribution in [0.1, 0.15) is 26.5 Å². The van der Waals surface area contributed by atoms with E-state index in [0.29, 0.717) is 10.7 Å². The molecule has 1 heterocycles. The van der Waals surface area contributed by atoms with E-state index >= 15 is 0 Å². The minimum atomic E-state index is -0.113. The minimum Gasteiger partial charge on any atom is -0.366 e. The van der Waals surface area contributed by atoms with Gasteiger partial charge in [0.2, 0.25) is 5.88 Å². The summed E-state index contributed by atoms with van der Waals surface area (Å²) in [6.45, 7) is 5.99. The molecule has 2 N–H and O–H groups in total. The molecule has 0 saturated heterocycles. The minimum absolute atomic E-state index is 0.113. The molecule has 0 aliphatic heterocycles. The molecule has 0 atom stereocenters. The van der Waals surface area contributed by atoms with E-state index in [1.54, 1.807) is 0 Å². The van der Waals surface area contributed by atoms with Gasteiger partial charge in [-0.2, -0.15) is 0 Å². The van der Waals surface area contributed by atoms with Crippen molar-refractivity contribution in [3.05, 3.63) is 10.7 Å². The summed E-state index contributed by atoms with van der Waals surface area (Å²) >= 11 is 5.81. The van der Waals surface area contributed by atoms with E-state index in [2.05, 4.69) is 5.16 Å². The third kappa shape index (κ3) is 1.48. The fraction of sp³-hybridized carbons (Fsp3) is 0.571. The summed E-state index contributed by atoms with van der Waals surface area (Å²) in [6, 6.07) is 0. The van der Waals surface area contributed by atoms with Crippen LogP contribution in [0.2, 0.25) is 5.02 Å². The zero-order chi connectivity index (χ0) is 8.65. The Kier molecular flexibility index (Phi) is 1.84. The fourth-order valence-corrected chi connectivity index (χ4v) is 1.11. The molecule has 0 fully saturated rings. The van der Waals surface area contributed by atoms with Crippen molar-refractivity contribution < 1.29 is 4.52 Å². The zero-order valence-electron chi connectivity index (χ0n) is 6.81. The number of hydrogen-bond acceptors (Lipinski definition) is 3. The van der Waals surface area contributed by atoms with Crippen molar-refractivity contribution in [3.63, 3.8) is 0 Å². The monoisotopic (exact) mass is 174 g/mol. The smallest absolute Gasteiger partial charge is 0.241 e. The predicted octanol–water partition coefficient (Wildman–Crippen LogP) is 2.21. The maximum atomic E-state index is 5.81. The van der Waals surface area contributed by atoms with Crippen molar-refractivity contribution in [2.45, 2.75) is 26.2 Å². The Labute approximate surface area is 70.5 Å². The van der Waals surface area contributed by atoms with Crippen molar-refractivity contribution in [1.82, 2.24) is 5.16 Å². The van der Waals surface area contributed by atoms with Crippen molar-refractivity contribution in [2.75, 3.05) is 5.73 Å². The number of rotatable bonds is 0. The average Bonchev–Trinajstić information content (AvgIpc) is 2.11. The normalized spacial score (nSPS) is 12.0. The maximum absolute atomic E-state index is 5.81. The molecule has 0 aliphatic carbocycles. The third-order valence-electron chi connectivity index (χ3n) is 1.37. The van der Waals surface area contributed by atoms with Gasteiger partial charge in [0, 0.05) is 5.41 Å². The maximum Gasteiger partial charge on any atom is 0.241 e. The van der Waals surface area contributed by atoms with Gasteiger partial charge in [0.1, 0.15) is 10.7 Å². The van der Waals surface area contributed by atoms with Crippen molar-refractivity contribution in [2.24, 2.45) is 0 Å². The molecular weight excluding hydrogens is 164 g/mol. The molecule has 0 aromatic carbocycles. The Morgan fingerprint density at radius 1 is 1.45 bits per heavy atom. The van der Waals surface area contributed by atoms with Crippen LogP contribution in [-0.2, 0) is 5.41 Å². The van der Waals surface area contributed by atoms with Crippen LogP contribution < -0.4 is 5.73 Å². The van der Waals surface area contributed by atoms with Gasteiger partial charge < -0.3 is 10.3 Å². The first-order valence-electron chi connectivity index (χ1n) is 3.34. The lowest BCUT2D eigenvalue weighted by Gasteiger charge is -2.13. The Morgan fingerprint density at radius 3 is 2.18 bits per heavy atom. The van der Waals surface area contributed by atoms with E-state index in [0.717, 1.165) is 0 Å². The molecule has 1 aromatic rings.